The van der Waals surface area contributed by atoms with Crippen molar-refractivity contribution in [1.29, 1.82) is 0 Å². The van der Waals surface area contributed by atoms with Gasteiger partial charge in [-0.25, -0.2) is 9.59 Å². The Morgan fingerprint density at radius 1 is 0.838 bits per heavy atom. The van der Waals surface area contributed by atoms with Gasteiger partial charge < -0.3 is 34.2 Å². The third kappa shape index (κ3) is 14.1. The van der Waals surface area contributed by atoms with Crippen molar-refractivity contribution in [3.63, 3.8) is 0 Å². The third-order valence-corrected chi connectivity index (χ3v) is 4.23. The van der Waals surface area contributed by atoms with Crippen LogP contribution in [0.3, 0.4) is 0 Å². The number of benzene rings is 1. The van der Waals surface area contributed by atoms with Gasteiger partial charge in [0.1, 0.15) is 18.8 Å². The highest BCUT2D eigenvalue weighted by atomic mass is 16.7. The van der Waals surface area contributed by atoms with E-state index in [0.29, 0.717) is 5.56 Å². The highest BCUT2D eigenvalue weighted by molar-refractivity contribution is 5.76. The van der Waals surface area contributed by atoms with Gasteiger partial charge in [0.2, 0.25) is 0 Å². The Balaban J connectivity index is 2.96. The van der Waals surface area contributed by atoms with E-state index in [1.807, 2.05) is 41.5 Å². The van der Waals surface area contributed by atoms with Gasteiger partial charge in [-0.15, -0.1) is 0 Å². The van der Waals surface area contributed by atoms with E-state index in [1.165, 1.54) is 19.1 Å². The molecule has 1 rings (SSSR count). The fraction of sp³-hybridized carbons (Fsp3) is 0.615. The van der Waals surface area contributed by atoms with Crippen LogP contribution < -0.4 is 15.2 Å². The summed E-state index contributed by atoms with van der Waals surface area (Å²) in [7, 11) is 0. The van der Waals surface area contributed by atoms with Crippen LogP contribution in [-0.2, 0) is 35.0 Å². The molecule has 0 aliphatic heterocycles. The molecular formula is C26H39NO10. The van der Waals surface area contributed by atoms with E-state index >= 15 is 0 Å². The van der Waals surface area contributed by atoms with Crippen molar-refractivity contribution in [2.24, 2.45) is 16.6 Å². The second-order valence-corrected chi connectivity index (χ2v) is 11.0. The summed E-state index contributed by atoms with van der Waals surface area (Å²) in [5, 5.41) is 0. The quantitative estimate of drug-likeness (QED) is 0.266. The van der Waals surface area contributed by atoms with E-state index in [-0.39, 0.29) is 48.6 Å². The van der Waals surface area contributed by atoms with E-state index in [1.54, 1.807) is 13.0 Å². The molecule has 0 unspecified atom stereocenters. The lowest BCUT2D eigenvalue weighted by atomic mass is 9.99. The molecule has 2 N–H and O–H groups in total. The Bertz CT molecular complexity index is 946. The third-order valence-electron chi connectivity index (χ3n) is 4.23. The van der Waals surface area contributed by atoms with Crippen LogP contribution in [0.1, 0.15) is 61.0 Å². The number of carbonyl (C=O) groups is 4. The molecular weight excluding hydrogens is 486 g/mol. The van der Waals surface area contributed by atoms with E-state index in [0.717, 1.165) is 0 Å². The highest BCUT2D eigenvalue weighted by Gasteiger charge is 2.23. The number of carbonyl (C=O) groups excluding carboxylic acids is 4. The maximum absolute atomic E-state index is 12.3. The summed E-state index contributed by atoms with van der Waals surface area (Å²) >= 11 is 0. The first-order valence-electron chi connectivity index (χ1n) is 11.9. The summed E-state index contributed by atoms with van der Waals surface area (Å²) < 4.78 is 30.8. The molecule has 0 bridgehead atoms. The molecule has 1 aromatic rings. The van der Waals surface area contributed by atoms with Gasteiger partial charge in [0.15, 0.2) is 11.5 Å². The summed E-state index contributed by atoms with van der Waals surface area (Å²) in [4.78, 5) is 47.7. The van der Waals surface area contributed by atoms with E-state index in [4.69, 9.17) is 34.2 Å². The molecule has 0 aliphatic carbocycles. The number of nitrogens with two attached hydrogens (primary N) is 1. The van der Waals surface area contributed by atoms with E-state index in [9.17, 15) is 19.2 Å². The average Bonchev–Trinajstić information content (AvgIpc) is 2.75. The summed E-state index contributed by atoms with van der Waals surface area (Å²) in [6, 6.07) is 3.28. The first-order chi connectivity index (χ1) is 16.9. The number of rotatable bonds is 10. The van der Waals surface area contributed by atoms with Gasteiger partial charge in [0.05, 0.1) is 13.2 Å². The summed E-state index contributed by atoms with van der Waals surface area (Å²) in [6.45, 7) is 14.2. The standard InChI is InChI=1S/C26H39NO10/c1-16(35-17(2)28)13-32-22(29)19(27)11-18-9-10-20(36-23(30)33-14-25(3,4)5)21(12-18)37-24(31)34-15-26(6,7)8/h9-10,12,16,19H,11,13-15,27H2,1-8H3/t16-,19-/m0/s1. The van der Waals surface area contributed by atoms with Crippen molar-refractivity contribution in [3.8, 4) is 11.5 Å². The predicted molar refractivity (Wildman–Crippen MR) is 133 cm³/mol. The Morgan fingerprint density at radius 3 is 1.84 bits per heavy atom. The maximum Gasteiger partial charge on any atom is 0.513 e. The molecule has 0 spiro atoms. The first kappa shape index (κ1) is 31.7. The second-order valence-electron chi connectivity index (χ2n) is 11.0. The average molecular weight is 526 g/mol. The largest absolute Gasteiger partial charge is 0.513 e. The Hall–Kier alpha value is -3.34. The Kier molecular flexibility index (Phi) is 11.8. The van der Waals surface area contributed by atoms with Gasteiger partial charge in [-0.3, -0.25) is 9.59 Å². The number of hydrogen-bond donors (Lipinski definition) is 1. The lowest BCUT2D eigenvalue weighted by Crippen LogP contribution is -2.36. The molecule has 0 heterocycles. The molecule has 208 valence electrons. The number of hydrogen-bond acceptors (Lipinski definition) is 11. The number of ether oxygens (including phenoxy) is 6. The zero-order valence-electron chi connectivity index (χ0n) is 22.9. The molecule has 0 fully saturated rings. The Morgan fingerprint density at radius 2 is 1.35 bits per heavy atom. The minimum Gasteiger partial charge on any atom is -0.461 e. The SMILES string of the molecule is CC(=O)O[C@@H](C)COC(=O)[C@@H](N)Cc1ccc(OC(=O)OCC(C)(C)C)c(OC(=O)OCC(C)(C)C)c1. The maximum atomic E-state index is 12.3. The minimum absolute atomic E-state index is 0.0168. The Labute approximate surface area is 217 Å². The van der Waals surface area contributed by atoms with Crippen LogP contribution in [0.15, 0.2) is 18.2 Å². The molecule has 2 atom stereocenters. The van der Waals surface area contributed by atoms with Crippen LogP contribution in [0.5, 0.6) is 11.5 Å². The van der Waals surface area contributed by atoms with Crippen molar-refractivity contribution >= 4 is 24.2 Å². The normalized spacial score (nSPS) is 13.1. The fourth-order valence-corrected chi connectivity index (χ4v) is 2.59. The van der Waals surface area contributed by atoms with Gasteiger partial charge in [-0.05, 0) is 41.9 Å². The zero-order chi connectivity index (χ0) is 28.4. The summed E-state index contributed by atoms with van der Waals surface area (Å²) in [5.74, 6) is -1.40. The van der Waals surface area contributed by atoms with E-state index < -0.39 is 36.4 Å². The molecule has 0 amide bonds. The van der Waals surface area contributed by atoms with Crippen LogP contribution in [0, 0.1) is 10.8 Å². The van der Waals surface area contributed by atoms with Crippen LogP contribution in [0.4, 0.5) is 9.59 Å². The van der Waals surface area contributed by atoms with Crippen LogP contribution in [0.2, 0.25) is 0 Å². The number of esters is 2. The van der Waals surface area contributed by atoms with Crippen LogP contribution >= 0.6 is 0 Å². The fourth-order valence-electron chi connectivity index (χ4n) is 2.59. The highest BCUT2D eigenvalue weighted by Crippen LogP contribution is 2.30. The summed E-state index contributed by atoms with van der Waals surface area (Å²) in [6.07, 6.45) is -2.58. The molecule has 0 radical (unpaired) electrons. The molecule has 0 aliphatic rings. The second kappa shape index (κ2) is 13.8. The zero-order valence-corrected chi connectivity index (χ0v) is 22.9. The van der Waals surface area contributed by atoms with Gasteiger partial charge in [-0.2, -0.15) is 0 Å². The van der Waals surface area contributed by atoms with Crippen molar-refractivity contribution in [3.05, 3.63) is 23.8 Å². The molecule has 11 nitrogen and oxygen atoms in total. The van der Waals surface area contributed by atoms with Crippen molar-refractivity contribution in [2.75, 3.05) is 19.8 Å². The van der Waals surface area contributed by atoms with Gasteiger partial charge in [-0.1, -0.05) is 47.6 Å². The van der Waals surface area contributed by atoms with Gasteiger partial charge in [0, 0.05) is 6.92 Å². The van der Waals surface area contributed by atoms with Crippen LogP contribution in [0.25, 0.3) is 0 Å². The lowest BCUT2D eigenvalue weighted by Gasteiger charge is -2.19. The smallest absolute Gasteiger partial charge is 0.461 e. The topological polar surface area (TPSA) is 150 Å². The molecule has 11 heteroatoms. The molecule has 0 aromatic heterocycles. The van der Waals surface area contributed by atoms with Gasteiger partial charge >= 0.3 is 24.2 Å². The van der Waals surface area contributed by atoms with Crippen LogP contribution in [-0.4, -0.2) is 56.2 Å². The van der Waals surface area contributed by atoms with Gasteiger partial charge in [0.25, 0.3) is 0 Å². The molecule has 0 saturated carbocycles. The minimum atomic E-state index is -1.06. The molecule has 37 heavy (non-hydrogen) atoms. The first-order valence-corrected chi connectivity index (χ1v) is 11.9. The lowest BCUT2D eigenvalue weighted by molar-refractivity contribution is -0.157. The van der Waals surface area contributed by atoms with Crippen molar-refractivity contribution < 1.29 is 47.6 Å². The monoisotopic (exact) mass is 525 g/mol. The predicted octanol–water partition coefficient (Wildman–Crippen LogP) is 4.17. The summed E-state index contributed by atoms with van der Waals surface area (Å²) in [5.41, 5.74) is 5.88. The van der Waals surface area contributed by atoms with Crippen molar-refractivity contribution in [1.82, 2.24) is 0 Å². The van der Waals surface area contributed by atoms with E-state index in [2.05, 4.69) is 0 Å². The van der Waals surface area contributed by atoms with Crippen molar-refractivity contribution in [2.45, 2.75) is 74.0 Å². The molecule has 0 saturated heterocycles. The molecule has 1 aromatic carbocycles.